The zero-order valence-corrected chi connectivity index (χ0v) is 12.3. The van der Waals surface area contributed by atoms with E-state index >= 15 is 0 Å². The summed E-state index contributed by atoms with van der Waals surface area (Å²) < 4.78 is 26.7. The molecule has 0 spiro atoms. The molecule has 0 fully saturated rings. The highest BCUT2D eigenvalue weighted by Gasteiger charge is 2.26. The molecule has 0 heterocycles. The van der Waals surface area contributed by atoms with Crippen molar-refractivity contribution in [1.82, 2.24) is 4.31 Å². The van der Waals surface area contributed by atoms with Crippen LogP contribution in [-0.4, -0.2) is 25.8 Å². The van der Waals surface area contributed by atoms with Crippen molar-refractivity contribution in [3.8, 4) is 0 Å². The number of aryl methyl sites for hydroxylation is 2. The van der Waals surface area contributed by atoms with Gasteiger partial charge in [0, 0.05) is 18.8 Å². The van der Waals surface area contributed by atoms with Crippen molar-refractivity contribution in [2.75, 3.05) is 18.8 Å². The van der Waals surface area contributed by atoms with Crippen LogP contribution in [0.2, 0.25) is 0 Å². The van der Waals surface area contributed by atoms with Gasteiger partial charge < -0.3 is 5.73 Å². The van der Waals surface area contributed by atoms with E-state index in [9.17, 15) is 8.42 Å². The van der Waals surface area contributed by atoms with Crippen molar-refractivity contribution >= 4 is 15.7 Å². The van der Waals surface area contributed by atoms with Crippen LogP contribution in [0.25, 0.3) is 0 Å². The molecule has 4 nitrogen and oxygen atoms in total. The van der Waals surface area contributed by atoms with Crippen LogP contribution in [0.3, 0.4) is 0 Å². The van der Waals surface area contributed by atoms with Gasteiger partial charge in [0.2, 0.25) is 10.0 Å². The van der Waals surface area contributed by atoms with Crippen LogP contribution in [0, 0.1) is 13.8 Å². The van der Waals surface area contributed by atoms with Gasteiger partial charge in [0.25, 0.3) is 0 Å². The molecule has 1 aromatic carbocycles. The molecule has 0 aliphatic heterocycles. The van der Waals surface area contributed by atoms with Crippen LogP contribution in [-0.2, 0) is 10.0 Å². The van der Waals surface area contributed by atoms with Gasteiger partial charge in [-0.1, -0.05) is 13.8 Å². The van der Waals surface area contributed by atoms with Crippen LogP contribution < -0.4 is 5.73 Å². The van der Waals surface area contributed by atoms with Crippen LogP contribution in [0.15, 0.2) is 17.0 Å². The number of anilines is 1. The summed E-state index contributed by atoms with van der Waals surface area (Å²) in [6, 6.07) is 3.42. The van der Waals surface area contributed by atoms with E-state index in [0.717, 1.165) is 6.42 Å². The molecule has 0 atom stereocenters. The molecule has 0 aromatic heterocycles. The van der Waals surface area contributed by atoms with Crippen molar-refractivity contribution in [3.63, 3.8) is 0 Å². The molecule has 2 N–H and O–H groups in total. The van der Waals surface area contributed by atoms with Gasteiger partial charge in [0.05, 0.1) is 4.90 Å². The molecule has 0 bridgehead atoms. The summed E-state index contributed by atoms with van der Waals surface area (Å²) in [6.45, 7) is 8.43. The second kappa shape index (κ2) is 5.71. The molecule has 1 rings (SSSR count). The van der Waals surface area contributed by atoms with E-state index in [0.29, 0.717) is 34.8 Å². The number of benzene rings is 1. The number of hydrogen-bond donors (Lipinski definition) is 1. The van der Waals surface area contributed by atoms with E-state index in [1.807, 2.05) is 13.8 Å². The average molecular weight is 270 g/mol. The van der Waals surface area contributed by atoms with Crippen molar-refractivity contribution in [3.05, 3.63) is 23.3 Å². The fourth-order valence-corrected chi connectivity index (χ4v) is 4.17. The summed E-state index contributed by atoms with van der Waals surface area (Å²) >= 11 is 0. The van der Waals surface area contributed by atoms with Gasteiger partial charge in [-0.25, -0.2) is 8.42 Å². The Kier molecular flexibility index (Phi) is 4.76. The maximum absolute atomic E-state index is 12.6. The maximum Gasteiger partial charge on any atom is 0.243 e. The van der Waals surface area contributed by atoms with Crippen molar-refractivity contribution in [2.45, 2.75) is 39.0 Å². The third kappa shape index (κ3) is 2.84. The summed E-state index contributed by atoms with van der Waals surface area (Å²) in [7, 11) is -3.41. The summed E-state index contributed by atoms with van der Waals surface area (Å²) in [6.07, 6.45) is 0.806. The van der Waals surface area contributed by atoms with Gasteiger partial charge in [0.1, 0.15) is 0 Å². The lowest BCUT2D eigenvalue weighted by Crippen LogP contribution is -2.32. The van der Waals surface area contributed by atoms with E-state index in [2.05, 4.69) is 0 Å². The quantitative estimate of drug-likeness (QED) is 0.835. The highest BCUT2D eigenvalue weighted by atomic mass is 32.2. The largest absolute Gasteiger partial charge is 0.399 e. The topological polar surface area (TPSA) is 63.4 Å². The molecule has 0 amide bonds. The third-order valence-corrected chi connectivity index (χ3v) is 5.19. The van der Waals surface area contributed by atoms with Gasteiger partial charge >= 0.3 is 0 Å². The lowest BCUT2D eigenvalue weighted by molar-refractivity contribution is 0.426. The molecule has 5 heteroatoms. The van der Waals surface area contributed by atoms with E-state index in [4.69, 9.17) is 5.73 Å². The Morgan fingerprint density at radius 1 is 1.17 bits per heavy atom. The summed E-state index contributed by atoms with van der Waals surface area (Å²) in [4.78, 5) is 0.395. The first-order valence-corrected chi connectivity index (χ1v) is 7.65. The SMILES string of the molecule is CCCN(CC)S(=O)(=O)c1c(C)cc(N)cc1C. The minimum atomic E-state index is -3.41. The third-order valence-electron chi connectivity index (χ3n) is 2.91. The lowest BCUT2D eigenvalue weighted by atomic mass is 10.1. The normalized spacial score (nSPS) is 12.1. The number of nitrogens with two attached hydrogens (primary N) is 1. The van der Waals surface area contributed by atoms with E-state index in [1.165, 1.54) is 4.31 Å². The summed E-state index contributed by atoms with van der Waals surface area (Å²) in [5.41, 5.74) is 7.75. The molecule has 0 aliphatic rings. The molecule has 0 unspecified atom stereocenters. The Labute approximate surface area is 110 Å². The predicted molar refractivity (Wildman–Crippen MR) is 75.1 cm³/mol. The van der Waals surface area contributed by atoms with Crippen molar-refractivity contribution < 1.29 is 8.42 Å². The van der Waals surface area contributed by atoms with Crippen LogP contribution in [0.1, 0.15) is 31.4 Å². The minimum absolute atomic E-state index is 0.395. The van der Waals surface area contributed by atoms with Gasteiger partial charge in [-0.2, -0.15) is 4.31 Å². The first kappa shape index (κ1) is 15.0. The van der Waals surface area contributed by atoms with Crippen molar-refractivity contribution in [2.24, 2.45) is 0 Å². The Morgan fingerprint density at radius 2 is 1.67 bits per heavy atom. The van der Waals surface area contributed by atoms with Crippen molar-refractivity contribution in [1.29, 1.82) is 0 Å². The van der Waals surface area contributed by atoms with E-state index in [1.54, 1.807) is 26.0 Å². The van der Waals surface area contributed by atoms with Crippen LogP contribution in [0.4, 0.5) is 5.69 Å². The number of nitrogens with zero attached hydrogens (tertiary/aromatic N) is 1. The lowest BCUT2D eigenvalue weighted by Gasteiger charge is -2.22. The average Bonchev–Trinajstić information content (AvgIpc) is 2.23. The number of hydrogen-bond acceptors (Lipinski definition) is 3. The smallest absolute Gasteiger partial charge is 0.243 e. The second-order valence-corrected chi connectivity index (χ2v) is 6.36. The molecular weight excluding hydrogens is 248 g/mol. The molecule has 102 valence electrons. The Hall–Kier alpha value is -1.07. The van der Waals surface area contributed by atoms with Crippen LogP contribution >= 0.6 is 0 Å². The van der Waals surface area contributed by atoms with E-state index < -0.39 is 10.0 Å². The molecule has 0 aliphatic carbocycles. The van der Waals surface area contributed by atoms with E-state index in [-0.39, 0.29) is 0 Å². The monoisotopic (exact) mass is 270 g/mol. The Balaban J connectivity index is 3.36. The molecular formula is C13H22N2O2S. The fraction of sp³-hybridized carbons (Fsp3) is 0.538. The summed E-state index contributed by atoms with van der Waals surface area (Å²) in [5, 5.41) is 0. The maximum atomic E-state index is 12.6. The van der Waals surface area contributed by atoms with Crippen LogP contribution in [0.5, 0.6) is 0 Å². The minimum Gasteiger partial charge on any atom is -0.399 e. The predicted octanol–water partition coefficient (Wildman–Crippen LogP) is 2.31. The molecule has 0 radical (unpaired) electrons. The Bertz CT molecular complexity index is 501. The number of nitrogen functional groups attached to an aromatic ring is 1. The molecule has 18 heavy (non-hydrogen) atoms. The highest BCUT2D eigenvalue weighted by molar-refractivity contribution is 7.89. The van der Waals surface area contributed by atoms with Gasteiger partial charge in [-0.3, -0.25) is 0 Å². The first-order chi connectivity index (χ1) is 8.34. The molecule has 0 saturated heterocycles. The highest BCUT2D eigenvalue weighted by Crippen LogP contribution is 2.26. The van der Waals surface area contributed by atoms with Gasteiger partial charge in [-0.15, -0.1) is 0 Å². The number of sulfonamides is 1. The van der Waals surface area contributed by atoms with Gasteiger partial charge in [0.15, 0.2) is 0 Å². The summed E-state index contributed by atoms with van der Waals surface area (Å²) in [5.74, 6) is 0. The zero-order valence-electron chi connectivity index (χ0n) is 11.5. The Morgan fingerprint density at radius 3 is 2.06 bits per heavy atom. The molecule has 1 aromatic rings. The standard InChI is InChI=1S/C13H22N2O2S/c1-5-7-15(6-2)18(16,17)13-10(3)8-12(14)9-11(13)4/h8-9H,5-7,14H2,1-4H3. The first-order valence-electron chi connectivity index (χ1n) is 6.21. The van der Waals surface area contributed by atoms with Gasteiger partial charge in [-0.05, 0) is 43.5 Å². The second-order valence-electron chi connectivity index (χ2n) is 4.48. The molecule has 0 saturated carbocycles. The zero-order chi connectivity index (χ0) is 13.9. The fourth-order valence-electron chi connectivity index (χ4n) is 2.22. The number of rotatable bonds is 5.